The maximum Gasteiger partial charge on any atom is 0.356 e. The van der Waals surface area contributed by atoms with E-state index in [0.717, 1.165) is 28.3 Å². The van der Waals surface area contributed by atoms with E-state index in [2.05, 4.69) is 5.10 Å². The molecule has 0 spiro atoms. The Hall–Kier alpha value is -3.08. The summed E-state index contributed by atoms with van der Waals surface area (Å²) in [6, 6.07) is 15.1. The number of hydrogen-bond acceptors (Lipinski definition) is 3. The standard InChI is InChI=1S/C20H20N2O3/c1-4-25-17-9-7-16(8-10-17)22-19(12-18(21-22)20(23)24)15-6-5-13(2)14(3)11-15/h5-12H,4H2,1-3H3,(H,23,24). The highest BCUT2D eigenvalue weighted by molar-refractivity contribution is 5.87. The number of ether oxygens (including phenoxy) is 1. The first-order valence-electron chi connectivity index (χ1n) is 8.14. The normalized spacial score (nSPS) is 10.7. The van der Waals surface area contributed by atoms with Crippen LogP contribution in [0, 0.1) is 13.8 Å². The average Bonchev–Trinajstić information content (AvgIpc) is 3.04. The fourth-order valence-corrected chi connectivity index (χ4v) is 2.64. The van der Waals surface area contributed by atoms with Crippen LogP contribution in [0.15, 0.2) is 48.5 Å². The minimum atomic E-state index is -1.05. The first-order valence-corrected chi connectivity index (χ1v) is 8.14. The van der Waals surface area contributed by atoms with E-state index in [1.807, 2.05) is 63.2 Å². The number of aromatic carboxylic acids is 1. The van der Waals surface area contributed by atoms with E-state index >= 15 is 0 Å². The smallest absolute Gasteiger partial charge is 0.356 e. The number of benzene rings is 2. The van der Waals surface area contributed by atoms with Crippen LogP contribution in [0.2, 0.25) is 0 Å². The summed E-state index contributed by atoms with van der Waals surface area (Å²) in [5, 5.41) is 13.6. The van der Waals surface area contributed by atoms with E-state index in [-0.39, 0.29) is 5.69 Å². The zero-order chi connectivity index (χ0) is 18.0. The largest absolute Gasteiger partial charge is 0.494 e. The summed E-state index contributed by atoms with van der Waals surface area (Å²) in [4.78, 5) is 11.4. The van der Waals surface area contributed by atoms with Crippen molar-refractivity contribution in [3.05, 3.63) is 65.4 Å². The van der Waals surface area contributed by atoms with Gasteiger partial charge in [0.15, 0.2) is 5.69 Å². The lowest BCUT2D eigenvalue weighted by Crippen LogP contribution is -2.02. The van der Waals surface area contributed by atoms with Crippen molar-refractivity contribution in [1.82, 2.24) is 9.78 Å². The molecule has 2 aromatic carbocycles. The molecule has 0 aliphatic rings. The van der Waals surface area contributed by atoms with Gasteiger partial charge in [0, 0.05) is 5.56 Å². The average molecular weight is 336 g/mol. The highest BCUT2D eigenvalue weighted by Crippen LogP contribution is 2.27. The minimum Gasteiger partial charge on any atom is -0.494 e. The maximum absolute atomic E-state index is 11.4. The molecular weight excluding hydrogens is 316 g/mol. The van der Waals surface area contributed by atoms with Crippen molar-refractivity contribution in [2.24, 2.45) is 0 Å². The van der Waals surface area contributed by atoms with E-state index in [4.69, 9.17) is 4.74 Å². The molecule has 1 N–H and O–H groups in total. The van der Waals surface area contributed by atoms with Gasteiger partial charge in [0.05, 0.1) is 18.0 Å². The van der Waals surface area contributed by atoms with Crippen LogP contribution in [0.1, 0.15) is 28.5 Å². The van der Waals surface area contributed by atoms with Crippen molar-refractivity contribution in [1.29, 1.82) is 0 Å². The number of rotatable bonds is 5. The molecular formula is C20H20N2O3. The Bertz CT molecular complexity index is 911. The van der Waals surface area contributed by atoms with Crippen LogP contribution in [-0.2, 0) is 0 Å². The van der Waals surface area contributed by atoms with Gasteiger partial charge in [0.25, 0.3) is 0 Å². The van der Waals surface area contributed by atoms with Crippen molar-refractivity contribution >= 4 is 5.97 Å². The second-order valence-electron chi connectivity index (χ2n) is 5.86. The van der Waals surface area contributed by atoms with E-state index < -0.39 is 5.97 Å². The van der Waals surface area contributed by atoms with E-state index in [0.29, 0.717) is 6.61 Å². The number of carbonyl (C=O) groups is 1. The summed E-state index contributed by atoms with van der Waals surface area (Å²) in [7, 11) is 0. The molecule has 1 heterocycles. The van der Waals surface area contributed by atoms with Crippen molar-refractivity contribution in [2.75, 3.05) is 6.61 Å². The van der Waals surface area contributed by atoms with Gasteiger partial charge in [0.1, 0.15) is 5.75 Å². The SMILES string of the molecule is CCOc1ccc(-n2nc(C(=O)O)cc2-c2ccc(C)c(C)c2)cc1. The molecule has 0 saturated carbocycles. The lowest BCUT2D eigenvalue weighted by atomic mass is 10.0. The Morgan fingerprint density at radius 3 is 2.40 bits per heavy atom. The van der Waals surface area contributed by atoms with Gasteiger partial charge in [-0.1, -0.05) is 12.1 Å². The number of nitrogens with zero attached hydrogens (tertiary/aromatic N) is 2. The number of aryl methyl sites for hydroxylation is 2. The van der Waals surface area contributed by atoms with Crippen molar-refractivity contribution < 1.29 is 14.6 Å². The fourth-order valence-electron chi connectivity index (χ4n) is 2.64. The van der Waals surface area contributed by atoms with Gasteiger partial charge < -0.3 is 9.84 Å². The quantitative estimate of drug-likeness (QED) is 0.756. The predicted octanol–water partition coefficient (Wildman–Crippen LogP) is 4.25. The van der Waals surface area contributed by atoms with Gasteiger partial charge in [-0.2, -0.15) is 5.10 Å². The van der Waals surface area contributed by atoms with Crippen LogP contribution in [-0.4, -0.2) is 27.5 Å². The summed E-state index contributed by atoms with van der Waals surface area (Å²) in [6.45, 7) is 6.61. The Labute approximate surface area is 146 Å². The molecule has 5 nitrogen and oxygen atoms in total. The molecule has 1 aromatic heterocycles. The lowest BCUT2D eigenvalue weighted by Gasteiger charge is -2.10. The molecule has 0 radical (unpaired) electrons. The first-order chi connectivity index (χ1) is 12.0. The summed E-state index contributed by atoms with van der Waals surface area (Å²) in [5.74, 6) is -0.278. The third-order valence-electron chi connectivity index (χ3n) is 4.12. The second-order valence-corrected chi connectivity index (χ2v) is 5.86. The van der Waals surface area contributed by atoms with Crippen molar-refractivity contribution in [2.45, 2.75) is 20.8 Å². The molecule has 0 aliphatic heterocycles. The Morgan fingerprint density at radius 2 is 1.80 bits per heavy atom. The zero-order valence-corrected chi connectivity index (χ0v) is 14.5. The molecule has 5 heteroatoms. The highest BCUT2D eigenvalue weighted by Gasteiger charge is 2.16. The first kappa shape index (κ1) is 16.8. The molecule has 25 heavy (non-hydrogen) atoms. The third kappa shape index (κ3) is 3.40. The van der Waals surface area contributed by atoms with Gasteiger partial charge in [-0.05, 0) is 68.3 Å². The summed E-state index contributed by atoms with van der Waals surface area (Å²) in [6.07, 6.45) is 0. The number of hydrogen-bond donors (Lipinski definition) is 1. The van der Waals surface area contributed by atoms with Crippen molar-refractivity contribution in [3.63, 3.8) is 0 Å². The van der Waals surface area contributed by atoms with Crippen LogP contribution in [0.25, 0.3) is 16.9 Å². The Balaban J connectivity index is 2.11. The number of aromatic nitrogens is 2. The van der Waals surface area contributed by atoms with Crippen LogP contribution in [0.4, 0.5) is 0 Å². The lowest BCUT2D eigenvalue weighted by molar-refractivity contribution is 0.0690. The van der Waals surface area contributed by atoms with Crippen LogP contribution in [0.5, 0.6) is 5.75 Å². The van der Waals surface area contributed by atoms with E-state index in [1.165, 1.54) is 5.56 Å². The van der Waals surface area contributed by atoms with Crippen LogP contribution in [0.3, 0.4) is 0 Å². The third-order valence-corrected chi connectivity index (χ3v) is 4.12. The number of carboxylic acid groups (broad SMARTS) is 1. The predicted molar refractivity (Wildman–Crippen MR) is 96.6 cm³/mol. The van der Waals surface area contributed by atoms with Gasteiger partial charge in [0.2, 0.25) is 0 Å². The summed E-state index contributed by atoms with van der Waals surface area (Å²) < 4.78 is 7.12. The Kier molecular flexibility index (Phi) is 4.57. The molecule has 0 atom stereocenters. The molecule has 128 valence electrons. The summed E-state index contributed by atoms with van der Waals surface area (Å²) in [5.41, 5.74) is 4.80. The minimum absolute atomic E-state index is 0.0158. The van der Waals surface area contributed by atoms with Gasteiger partial charge in [-0.3, -0.25) is 0 Å². The van der Waals surface area contributed by atoms with E-state index in [9.17, 15) is 9.90 Å². The molecule has 3 aromatic rings. The Morgan fingerprint density at radius 1 is 1.08 bits per heavy atom. The summed E-state index contributed by atoms with van der Waals surface area (Å²) >= 11 is 0. The molecule has 0 saturated heterocycles. The van der Waals surface area contributed by atoms with Gasteiger partial charge in [-0.15, -0.1) is 0 Å². The molecule has 0 amide bonds. The molecule has 0 fully saturated rings. The topological polar surface area (TPSA) is 64.4 Å². The van der Waals surface area contributed by atoms with Gasteiger partial charge >= 0.3 is 5.97 Å². The second kappa shape index (κ2) is 6.81. The molecule has 0 unspecified atom stereocenters. The highest BCUT2D eigenvalue weighted by atomic mass is 16.5. The molecule has 0 aliphatic carbocycles. The zero-order valence-electron chi connectivity index (χ0n) is 14.5. The molecule has 3 rings (SSSR count). The van der Waals surface area contributed by atoms with Gasteiger partial charge in [-0.25, -0.2) is 9.48 Å². The van der Waals surface area contributed by atoms with Crippen LogP contribution < -0.4 is 4.74 Å². The van der Waals surface area contributed by atoms with Crippen LogP contribution >= 0.6 is 0 Å². The maximum atomic E-state index is 11.4. The molecule has 0 bridgehead atoms. The fraction of sp³-hybridized carbons (Fsp3) is 0.200. The van der Waals surface area contributed by atoms with E-state index in [1.54, 1.807) is 10.7 Å². The number of carboxylic acids is 1. The monoisotopic (exact) mass is 336 g/mol. The van der Waals surface area contributed by atoms with Crippen molar-refractivity contribution in [3.8, 4) is 22.7 Å².